The van der Waals surface area contributed by atoms with Gasteiger partial charge in [0, 0.05) is 11.6 Å². The van der Waals surface area contributed by atoms with Crippen LogP contribution in [-0.2, 0) is 4.79 Å². The van der Waals surface area contributed by atoms with Crippen molar-refractivity contribution < 1.29 is 4.79 Å². The molecule has 1 atom stereocenters. The number of allylic oxidation sites excluding steroid dienone is 2. The Morgan fingerprint density at radius 1 is 1.70 bits per heavy atom. The van der Waals surface area contributed by atoms with Crippen molar-refractivity contribution in [2.75, 3.05) is 0 Å². The molecule has 0 aliphatic rings. The van der Waals surface area contributed by atoms with E-state index in [-0.39, 0.29) is 11.7 Å². The fourth-order valence-electron chi connectivity index (χ4n) is 0.615. The van der Waals surface area contributed by atoms with Crippen LogP contribution < -0.4 is 5.73 Å². The molecular formula is C8H15NO. The van der Waals surface area contributed by atoms with E-state index < -0.39 is 0 Å². The second-order valence-corrected chi connectivity index (χ2v) is 2.58. The summed E-state index contributed by atoms with van der Waals surface area (Å²) in [6.07, 6.45) is 2.52. The molecule has 0 fully saturated rings. The minimum Gasteiger partial charge on any atom is -0.402 e. The molecule has 2 N–H and O–H groups in total. The monoisotopic (exact) mass is 141 g/mol. The van der Waals surface area contributed by atoms with Crippen LogP contribution in [0.3, 0.4) is 0 Å². The fourth-order valence-corrected chi connectivity index (χ4v) is 0.615. The van der Waals surface area contributed by atoms with Crippen molar-refractivity contribution in [3.05, 3.63) is 11.8 Å². The summed E-state index contributed by atoms with van der Waals surface area (Å²) in [6.45, 7) is 5.36. The van der Waals surface area contributed by atoms with Gasteiger partial charge >= 0.3 is 0 Å². The Morgan fingerprint density at radius 2 is 2.20 bits per heavy atom. The molecule has 0 unspecified atom stereocenters. The Bertz CT molecular complexity index is 149. The summed E-state index contributed by atoms with van der Waals surface area (Å²) in [5, 5.41) is 0. The molecule has 0 bridgehead atoms. The lowest BCUT2D eigenvalue weighted by molar-refractivity contribution is -0.120. The summed E-state index contributed by atoms with van der Waals surface area (Å²) in [6, 6.07) is 0. The van der Waals surface area contributed by atoms with Gasteiger partial charge in [0.05, 0.1) is 0 Å². The molecule has 0 aromatic heterocycles. The Hall–Kier alpha value is -0.790. The maximum absolute atomic E-state index is 10.7. The molecule has 2 nitrogen and oxygen atoms in total. The molecule has 58 valence electrons. The molecule has 0 saturated heterocycles. The summed E-state index contributed by atoms with van der Waals surface area (Å²) in [4.78, 5) is 10.7. The smallest absolute Gasteiger partial charge is 0.133 e. The normalized spacial score (nSPS) is 14.9. The number of ketones is 1. The largest absolute Gasteiger partial charge is 0.402 e. The van der Waals surface area contributed by atoms with Crippen LogP contribution >= 0.6 is 0 Å². The Morgan fingerprint density at radius 3 is 2.50 bits per heavy atom. The van der Waals surface area contributed by atoms with Crippen molar-refractivity contribution in [1.82, 2.24) is 0 Å². The molecule has 0 radical (unpaired) electrons. The topological polar surface area (TPSA) is 43.1 Å². The lowest BCUT2D eigenvalue weighted by Gasteiger charge is -2.05. The van der Waals surface area contributed by atoms with Crippen LogP contribution in [0.1, 0.15) is 27.2 Å². The van der Waals surface area contributed by atoms with Crippen molar-refractivity contribution in [3.8, 4) is 0 Å². The van der Waals surface area contributed by atoms with Crippen LogP contribution in [0.15, 0.2) is 11.8 Å². The summed E-state index contributed by atoms with van der Waals surface area (Å²) in [7, 11) is 0. The summed E-state index contributed by atoms with van der Waals surface area (Å²) in [5.74, 6) is 0.265. The van der Waals surface area contributed by atoms with Crippen LogP contribution in [0, 0.1) is 5.92 Å². The van der Waals surface area contributed by atoms with E-state index in [9.17, 15) is 4.79 Å². The SMILES string of the molecule is C/C=C(\N)C[C@@H](C)C(C)=O. The van der Waals surface area contributed by atoms with E-state index >= 15 is 0 Å². The van der Waals surface area contributed by atoms with Crippen molar-refractivity contribution in [1.29, 1.82) is 0 Å². The van der Waals surface area contributed by atoms with Crippen molar-refractivity contribution in [2.45, 2.75) is 27.2 Å². The molecule has 0 aromatic rings. The minimum atomic E-state index is 0.0659. The zero-order valence-electron chi connectivity index (χ0n) is 6.85. The second kappa shape index (κ2) is 4.09. The molecule has 0 heterocycles. The highest BCUT2D eigenvalue weighted by molar-refractivity contribution is 5.78. The third-order valence-corrected chi connectivity index (χ3v) is 1.61. The lowest BCUT2D eigenvalue weighted by atomic mass is 10.0. The molecule has 0 rings (SSSR count). The first-order chi connectivity index (χ1) is 4.57. The van der Waals surface area contributed by atoms with Gasteiger partial charge in [-0.2, -0.15) is 0 Å². The summed E-state index contributed by atoms with van der Waals surface area (Å²) >= 11 is 0. The minimum absolute atomic E-state index is 0.0659. The Kier molecular flexibility index (Phi) is 3.77. The first-order valence-electron chi connectivity index (χ1n) is 3.49. The quantitative estimate of drug-likeness (QED) is 0.646. The van der Waals surface area contributed by atoms with Crippen LogP contribution in [-0.4, -0.2) is 5.78 Å². The maximum Gasteiger partial charge on any atom is 0.133 e. The third-order valence-electron chi connectivity index (χ3n) is 1.61. The zero-order valence-corrected chi connectivity index (χ0v) is 6.85. The molecule has 0 aromatic carbocycles. The average Bonchev–Trinajstić information content (AvgIpc) is 1.87. The number of nitrogens with two attached hydrogens (primary N) is 1. The van der Waals surface area contributed by atoms with Crippen molar-refractivity contribution >= 4 is 5.78 Å². The van der Waals surface area contributed by atoms with E-state index in [0.717, 1.165) is 5.70 Å². The van der Waals surface area contributed by atoms with Crippen LogP contribution in [0.5, 0.6) is 0 Å². The Labute approximate surface area is 62.1 Å². The van der Waals surface area contributed by atoms with E-state index in [2.05, 4.69) is 0 Å². The van der Waals surface area contributed by atoms with Gasteiger partial charge in [0.2, 0.25) is 0 Å². The van der Waals surface area contributed by atoms with Gasteiger partial charge in [0.1, 0.15) is 5.78 Å². The molecule has 0 amide bonds. The highest BCUT2D eigenvalue weighted by Gasteiger charge is 2.06. The van der Waals surface area contributed by atoms with Gasteiger partial charge < -0.3 is 5.73 Å². The molecular weight excluding hydrogens is 126 g/mol. The van der Waals surface area contributed by atoms with Gasteiger partial charge in [-0.25, -0.2) is 0 Å². The van der Waals surface area contributed by atoms with E-state index in [1.165, 1.54) is 0 Å². The van der Waals surface area contributed by atoms with E-state index in [1.54, 1.807) is 6.92 Å². The van der Waals surface area contributed by atoms with Gasteiger partial charge in [-0.05, 0) is 20.3 Å². The number of rotatable bonds is 3. The van der Waals surface area contributed by atoms with E-state index in [1.807, 2.05) is 19.9 Å². The van der Waals surface area contributed by atoms with Crippen LogP contribution in [0.2, 0.25) is 0 Å². The highest BCUT2D eigenvalue weighted by Crippen LogP contribution is 2.07. The van der Waals surface area contributed by atoms with Crippen molar-refractivity contribution in [3.63, 3.8) is 0 Å². The third kappa shape index (κ3) is 3.28. The standard InChI is InChI=1S/C8H15NO/c1-4-8(9)5-6(2)7(3)10/h4,6H,5,9H2,1-3H3/b8-4-/t6-/m1/s1. The summed E-state index contributed by atoms with van der Waals surface area (Å²) in [5.41, 5.74) is 6.31. The second-order valence-electron chi connectivity index (χ2n) is 2.58. The van der Waals surface area contributed by atoms with Gasteiger partial charge in [-0.15, -0.1) is 0 Å². The molecule has 10 heavy (non-hydrogen) atoms. The number of Topliss-reactive ketones (excluding diaryl/α,β-unsaturated/α-hetero) is 1. The van der Waals surface area contributed by atoms with E-state index in [0.29, 0.717) is 6.42 Å². The fraction of sp³-hybridized carbons (Fsp3) is 0.625. The molecule has 2 heteroatoms. The summed E-state index contributed by atoms with van der Waals surface area (Å²) < 4.78 is 0. The average molecular weight is 141 g/mol. The highest BCUT2D eigenvalue weighted by atomic mass is 16.1. The molecule has 0 aliphatic carbocycles. The van der Waals surface area contributed by atoms with Crippen molar-refractivity contribution in [2.24, 2.45) is 11.7 Å². The zero-order chi connectivity index (χ0) is 8.15. The molecule has 0 aliphatic heterocycles. The van der Waals surface area contributed by atoms with Gasteiger partial charge in [-0.1, -0.05) is 13.0 Å². The lowest BCUT2D eigenvalue weighted by Crippen LogP contribution is -2.10. The van der Waals surface area contributed by atoms with Gasteiger partial charge in [0.25, 0.3) is 0 Å². The number of hydrogen-bond acceptors (Lipinski definition) is 2. The first kappa shape index (κ1) is 9.21. The predicted molar refractivity (Wildman–Crippen MR) is 42.4 cm³/mol. The number of carbonyl (C=O) groups excluding carboxylic acids is 1. The first-order valence-corrected chi connectivity index (χ1v) is 3.49. The van der Waals surface area contributed by atoms with Crippen LogP contribution in [0.4, 0.5) is 0 Å². The van der Waals surface area contributed by atoms with E-state index in [4.69, 9.17) is 5.73 Å². The predicted octanol–water partition coefficient (Wildman–Crippen LogP) is 1.46. The number of hydrogen-bond donors (Lipinski definition) is 1. The molecule has 0 spiro atoms. The Balaban J connectivity index is 3.80. The van der Waals surface area contributed by atoms with Gasteiger partial charge in [0.15, 0.2) is 0 Å². The molecule has 0 saturated carbocycles. The maximum atomic E-state index is 10.7. The van der Waals surface area contributed by atoms with Crippen LogP contribution in [0.25, 0.3) is 0 Å². The van der Waals surface area contributed by atoms with Gasteiger partial charge in [-0.3, -0.25) is 4.79 Å². The number of carbonyl (C=O) groups is 1.